The molecule has 2 heterocycles. The van der Waals surface area contributed by atoms with Crippen molar-refractivity contribution in [2.45, 2.75) is 72.3 Å². The Morgan fingerprint density at radius 1 is 1.26 bits per heavy atom. The van der Waals surface area contributed by atoms with E-state index in [1.54, 1.807) is 17.6 Å². The zero-order valence-electron chi connectivity index (χ0n) is 21.3. The molecule has 3 rings (SSSR count). The Morgan fingerprint density at radius 2 is 2.03 bits per heavy atom. The zero-order valence-corrected chi connectivity index (χ0v) is 22.1. The van der Waals surface area contributed by atoms with Crippen molar-refractivity contribution in [3.05, 3.63) is 64.9 Å². The lowest BCUT2D eigenvalue weighted by Crippen LogP contribution is -2.38. The predicted molar refractivity (Wildman–Crippen MR) is 145 cm³/mol. The fraction of sp³-hybridized carbons (Fsp3) is 0.500. The molecule has 1 N–H and O–H groups in total. The van der Waals surface area contributed by atoms with Crippen LogP contribution in [0.4, 0.5) is 0 Å². The topological polar surface area (TPSA) is 54.5 Å². The van der Waals surface area contributed by atoms with E-state index in [9.17, 15) is 4.79 Å². The molecule has 1 aliphatic carbocycles. The number of hydrogen-bond acceptors (Lipinski definition) is 5. The number of likely N-dealkylation sites (tertiary alicyclic amines) is 1. The molecule has 186 valence electrons. The summed E-state index contributed by atoms with van der Waals surface area (Å²) in [6, 6.07) is 0.336. The van der Waals surface area contributed by atoms with Gasteiger partial charge in [-0.15, -0.1) is 0 Å². The molecule has 0 saturated carbocycles. The lowest BCUT2D eigenvalue weighted by Gasteiger charge is -2.28. The third-order valence-corrected chi connectivity index (χ3v) is 6.55. The van der Waals surface area contributed by atoms with Crippen LogP contribution in [-0.4, -0.2) is 41.5 Å². The maximum atomic E-state index is 11.7. The highest BCUT2D eigenvalue weighted by Gasteiger charge is 2.16. The first-order chi connectivity index (χ1) is 16.7. The summed E-state index contributed by atoms with van der Waals surface area (Å²) in [5, 5.41) is 3.85. The summed E-state index contributed by atoms with van der Waals surface area (Å²) in [5.74, 6) is 0.168. The maximum absolute atomic E-state index is 11.7. The van der Waals surface area contributed by atoms with E-state index < -0.39 is 0 Å². The van der Waals surface area contributed by atoms with Crippen molar-refractivity contribution < 1.29 is 9.53 Å². The molecular weight excluding hydrogens is 442 g/mol. The fourth-order valence-corrected chi connectivity index (χ4v) is 4.81. The smallest absolute Gasteiger partial charge is 0.278 e. The standard InChI is InChI=1S/C26H35N3O2S.C2H6/c1-3-11-21(20-29-17-8-13-22(14-9-18-29)27-25(30)4-2)12-10-19-31-26-28-23-15-6-5-7-16-24(23)32-26;1-2/h3,5-7,10-12,16,19,22H,4,8-9,13-15,17-18,20H2,1-2H3,(H,27,30);1-2H3/b11-3-,19-10+,21-12+;. The highest BCUT2D eigenvalue weighted by molar-refractivity contribution is 7.14. The van der Waals surface area contributed by atoms with Crippen molar-refractivity contribution in [2.24, 2.45) is 0 Å². The van der Waals surface area contributed by atoms with E-state index in [1.165, 1.54) is 5.57 Å². The molecule has 5 nitrogen and oxygen atoms in total. The number of ether oxygens (including phenoxy) is 1. The van der Waals surface area contributed by atoms with Gasteiger partial charge in [0.15, 0.2) is 0 Å². The summed E-state index contributed by atoms with van der Waals surface area (Å²) >= 11 is 1.58. The Balaban J connectivity index is 0.00000199. The second-order valence-corrected chi connectivity index (χ2v) is 9.14. The van der Waals surface area contributed by atoms with E-state index in [0.717, 1.165) is 62.3 Å². The third-order valence-electron chi connectivity index (χ3n) is 5.60. The monoisotopic (exact) mass is 483 g/mol. The van der Waals surface area contributed by atoms with Crippen molar-refractivity contribution in [2.75, 3.05) is 19.6 Å². The normalized spacial score (nSPS) is 17.6. The van der Waals surface area contributed by atoms with Gasteiger partial charge in [-0.3, -0.25) is 9.69 Å². The molecule has 0 atom stereocenters. The third kappa shape index (κ3) is 9.82. The molecule has 1 aliphatic heterocycles. The minimum absolute atomic E-state index is 0.168. The maximum Gasteiger partial charge on any atom is 0.278 e. The highest BCUT2D eigenvalue weighted by Crippen LogP contribution is 2.28. The van der Waals surface area contributed by atoms with Crippen LogP contribution in [0.5, 0.6) is 5.19 Å². The van der Waals surface area contributed by atoms with Gasteiger partial charge in [-0.05, 0) is 63.4 Å². The summed E-state index contributed by atoms with van der Waals surface area (Å²) in [6.45, 7) is 11.0. The fourth-order valence-electron chi connectivity index (χ4n) is 3.97. The van der Waals surface area contributed by atoms with E-state index in [1.807, 2.05) is 39.8 Å². The Bertz CT molecular complexity index is 885. The van der Waals surface area contributed by atoms with Crippen LogP contribution < -0.4 is 10.1 Å². The van der Waals surface area contributed by atoms with Gasteiger partial charge in [-0.2, -0.15) is 0 Å². The number of aromatic nitrogens is 1. The van der Waals surface area contributed by atoms with E-state index in [4.69, 9.17) is 4.74 Å². The summed E-state index contributed by atoms with van der Waals surface area (Å²) in [6.07, 6.45) is 24.1. The van der Waals surface area contributed by atoms with Gasteiger partial charge >= 0.3 is 0 Å². The molecular formula is C28H41N3O2S. The van der Waals surface area contributed by atoms with Crippen molar-refractivity contribution in [1.29, 1.82) is 0 Å². The molecule has 0 spiro atoms. The average molecular weight is 484 g/mol. The van der Waals surface area contributed by atoms with Crippen molar-refractivity contribution in [3.63, 3.8) is 0 Å². The first-order valence-electron chi connectivity index (χ1n) is 12.7. The van der Waals surface area contributed by atoms with E-state index in [0.29, 0.717) is 17.7 Å². The van der Waals surface area contributed by atoms with Crippen LogP contribution in [-0.2, 0) is 11.2 Å². The molecule has 0 bridgehead atoms. The number of rotatable bonds is 8. The Hall–Kier alpha value is -2.44. The van der Waals surface area contributed by atoms with Crippen LogP contribution in [0.3, 0.4) is 0 Å². The molecule has 1 saturated heterocycles. The van der Waals surface area contributed by atoms with Crippen LogP contribution in [0, 0.1) is 0 Å². The molecule has 0 aromatic carbocycles. The molecule has 1 fully saturated rings. The Kier molecular flexibility index (Phi) is 13.3. The van der Waals surface area contributed by atoms with Crippen LogP contribution in [0.2, 0.25) is 0 Å². The number of nitrogens with one attached hydrogen (secondary N) is 1. The lowest BCUT2D eigenvalue weighted by atomic mass is 10.0. The van der Waals surface area contributed by atoms with Crippen LogP contribution >= 0.6 is 11.3 Å². The number of fused-ring (bicyclic) bond motifs is 1. The number of amides is 1. The second-order valence-electron chi connectivity index (χ2n) is 8.15. The highest BCUT2D eigenvalue weighted by atomic mass is 32.1. The van der Waals surface area contributed by atoms with E-state index >= 15 is 0 Å². The van der Waals surface area contributed by atoms with Crippen molar-refractivity contribution >= 4 is 23.3 Å². The first kappa shape index (κ1) is 27.8. The van der Waals surface area contributed by atoms with E-state index in [-0.39, 0.29) is 5.91 Å². The van der Waals surface area contributed by atoms with Gasteiger partial charge in [0.1, 0.15) is 0 Å². The van der Waals surface area contributed by atoms with Crippen molar-refractivity contribution in [3.8, 4) is 5.19 Å². The first-order valence-corrected chi connectivity index (χ1v) is 13.5. The van der Waals surface area contributed by atoms with Gasteiger partial charge in [-0.25, -0.2) is 4.98 Å². The number of carbonyl (C=O) groups excluding carboxylic acids is 1. The van der Waals surface area contributed by atoms with Gasteiger partial charge in [-0.1, -0.05) is 68.6 Å². The molecule has 0 radical (unpaired) electrons. The minimum Gasteiger partial charge on any atom is -0.439 e. The van der Waals surface area contributed by atoms with Crippen LogP contribution in [0.15, 0.2) is 54.4 Å². The van der Waals surface area contributed by atoms with Crippen molar-refractivity contribution in [1.82, 2.24) is 15.2 Å². The SMILES string of the molecule is CC.C\C=C/C(=C\C=C\Oc1nc2c(s1)C=CC=CC2)CN1CCCC(NC(=O)CC)CCC1. The minimum atomic E-state index is 0.168. The molecule has 34 heavy (non-hydrogen) atoms. The number of allylic oxidation sites excluding steroid dienone is 6. The number of thiazole rings is 1. The largest absolute Gasteiger partial charge is 0.439 e. The van der Waals surface area contributed by atoms with Gasteiger partial charge in [0, 0.05) is 25.4 Å². The van der Waals surface area contributed by atoms with Crippen LogP contribution in [0.1, 0.15) is 70.4 Å². The predicted octanol–water partition coefficient (Wildman–Crippen LogP) is 6.46. The average Bonchev–Trinajstić information content (AvgIpc) is 3.09. The molecule has 1 aromatic rings. The van der Waals surface area contributed by atoms with Gasteiger partial charge < -0.3 is 10.1 Å². The number of carbonyl (C=O) groups is 1. The molecule has 0 unspecified atom stereocenters. The second kappa shape index (κ2) is 16.2. The summed E-state index contributed by atoms with van der Waals surface area (Å²) in [7, 11) is 0. The van der Waals surface area contributed by atoms with Gasteiger partial charge in [0.05, 0.1) is 16.8 Å². The quantitative estimate of drug-likeness (QED) is 0.340. The lowest BCUT2D eigenvalue weighted by molar-refractivity contribution is -0.121. The Morgan fingerprint density at radius 3 is 2.74 bits per heavy atom. The van der Waals surface area contributed by atoms with Crippen LogP contribution in [0.25, 0.3) is 6.08 Å². The molecule has 2 aliphatic rings. The summed E-state index contributed by atoms with van der Waals surface area (Å²) in [5.41, 5.74) is 2.33. The summed E-state index contributed by atoms with van der Waals surface area (Å²) < 4.78 is 5.76. The van der Waals surface area contributed by atoms with E-state index in [2.05, 4.69) is 51.7 Å². The molecule has 6 heteroatoms. The molecule has 1 amide bonds. The zero-order chi connectivity index (χ0) is 24.6. The molecule has 1 aromatic heterocycles. The number of nitrogens with zero attached hydrogens (tertiary/aromatic N) is 2. The van der Waals surface area contributed by atoms with Gasteiger partial charge in [0.25, 0.3) is 5.19 Å². The van der Waals surface area contributed by atoms with Gasteiger partial charge in [0.2, 0.25) is 5.91 Å². The Labute approximate surface area is 210 Å². The summed E-state index contributed by atoms with van der Waals surface area (Å²) in [4.78, 5) is 19.9. The number of hydrogen-bond donors (Lipinski definition) is 1.